The van der Waals surface area contributed by atoms with Crippen LogP contribution in [0.25, 0.3) is 10.2 Å². The number of esters is 1. The van der Waals surface area contributed by atoms with Crippen LogP contribution < -0.4 is 5.56 Å². The number of nitrogens with zero attached hydrogens (tertiary/aromatic N) is 3. The number of hydrogen-bond donors (Lipinski definition) is 0. The van der Waals surface area contributed by atoms with Gasteiger partial charge in [0.25, 0.3) is 5.56 Å². The number of aromatic nitrogens is 2. The molecule has 0 spiro atoms. The standard InChI is InChI=1S/C21H27N3O5S/c1-12-15-17(22-14-8-6-5-7-9-24(14)18(15)25)30-16(12)19(26)28-13-10-23(11-13)20(27)29-21(2,3)4/h13H,5-11H2,1-4H3. The maximum absolute atomic E-state index is 13.0. The fourth-order valence-corrected chi connectivity index (χ4v) is 4.87. The van der Waals surface area contributed by atoms with Gasteiger partial charge >= 0.3 is 12.1 Å². The van der Waals surface area contributed by atoms with Crippen molar-refractivity contribution in [2.75, 3.05) is 13.1 Å². The second-order valence-electron chi connectivity index (χ2n) is 8.94. The van der Waals surface area contributed by atoms with Gasteiger partial charge in [-0.15, -0.1) is 11.3 Å². The van der Waals surface area contributed by atoms with Crippen molar-refractivity contribution in [3.63, 3.8) is 0 Å². The van der Waals surface area contributed by atoms with E-state index in [1.165, 1.54) is 16.2 Å². The van der Waals surface area contributed by atoms with Gasteiger partial charge in [-0.05, 0) is 46.1 Å². The van der Waals surface area contributed by atoms with Gasteiger partial charge in [-0.2, -0.15) is 0 Å². The number of fused-ring (bicyclic) bond motifs is 2. The first kappa shape index (κ1) is 20.8. The van der Waals surface area contributed by atoms with Gasteiger partial charge < -0.3 is 14.4 Å². The van der Waals surface area contributed by atoms with Gasteiger partial charge in [0.05, 0.1) is 18.5 Å². The first-order valence-corrected chi connectivity index (χ1v) is 11.2. The number of ether oxygens (including phenoxy) is 2. The van der Waals surface area contributed by atoms with E-state index in [4.69, 9.17) is 9.47 Å². The third kappa shape index (κ3) is 3.95. The zero-order chi connectivity index (χ0) is 21.6. The molecule has 1 saturated heterocycles. The van der Waals surface area contributed by atoms with Crippen LogP contribution in [0.5, 0.6) is 0 Å². The van der Waals surface area contributed by atoms with E-state index in [-0.39, 0.29) is 11.7 Å². The van der Waals surface area contributed by atoms with Crippen molar-refractivity contribution >= 4 is 33.6 Å². The van der Waals surface area contributed by atoms with Crippen LogP contribution in [0, 0.1) is 6.92 Å². The molecular formula is C21H27N3O5S. The van der Waals surface area contributed by atoms with Gasteiger partial charge in [0.2, 0.25) is 0 Å². The third-order valence-corrected chi connectivity index (χ3v) is 6.54. The Labute approximate surface area is 178 Å². The summed E-state index contributed by atoms with van der Waals surface area (Å²) in [5.74, 6) is 0.335. The highest BCUT2D eigenvalue weighted by Crippen LogP contribution is 2.30. The molecule has 8 nitrogen and oxygen atoms in total. The number of aryl methyl sites for hydroxylation is 2. The minimum Gasteiger partial charge on any atom is -0.454 e. The number of amides is 1. The normalized spacial score (nSPS) is 17.3. The molecular weight excluding hydrogens is 406 g/mol. The smallest absolute Gasteiger partial charge is 0.410 e. The molecule has 30 heavy (non-hydrogen) atoms. The summed E-state index contributed by atoms with van der Waals surface area (Å²) in [4.78, 5) is 45.0. The van der Waals surface area contributed by atoms with E-state index in [0.717, 1.165) is 31.5 Å². The number of thiophene rings is 1. The Hall–Kier alpha value is -2.42. The van der Waals surface area contributed by atoms with Gasteiger partial charge in [0.1, 0.15) is 27.2 Å². The molecule has 0 atom stereocenters. The molecule has 162 valence electrons. The summed E-state index contributed by atoms with van der Waals surface area (Å²) >= 11 is 1.21. The van der Waals surface area contributed by atoms with E-state index in [0.29, 0.717) is 40.3 Å². The summed E-state index contributed by atoms with van der Waals surface area (Å²) in [5.41, 5.74) is -0.00322. The lowest BCUT2D eigenvalue weighted by Crippen LogP contribution is -2.56. The van der Waals surface area contributed by atoms with Gasteiger partial charge in [0.15, 0.2) is 0 Å². The molecule has 1 amide bonds. The van der Waals surface area contributed by atoms with Crippen molar-refractivity contribution in [1.29, 1.82) is 0 Å². The van der Waals surface area contributed by atoms with Crippen LogP contribution in [0.15, 0.2) is 4.79 Å². The number of rotatable bonds is 2. The van der Waals surface area contributed by atoms with Crippen LogP contribution >= 0.6 is 11.3 Å². The van der Waals surface area contributed by atoms with Crippen molar-refractivity contribution in [3.05, 3.63) is 26.6 Å². The molecule has 0 saturated carbocycles. The number of carbonyl (C=O) groups excluding carboxylic acids is 2. The Morgan fingerprint density at radius 1 is 1.17 bits per heavy atom. The maximum atomic E-state index is 13.0. The lowest BCUT2D eigenvalue weighted by molar-refractivity contribution is -0.0450. The lowest BCUT2D eigenvalue weighted by atomic mass is 10.1. The Balaban J connectivity index is 1.48. The van der Waals surface area contributed by atoms with Crippen LogP contribution in [0.3, 0.4) is 0 Å². The van der Waals surface area contributed by atoms with Crippen LogP contribution in [-0.2, 0) is 22.4 Å². The molecule has 0 aliphatic carbocycles. The Bertz CT molecular complexity index is 1060. The largest absolute Gasteiger partial charge is 0.454 e. The van der Waals surface area contributed by atoms with Crippen LogP contribution in [0.2, 0.25) is 0 Å². The van der Waals surface area contributed by atoms with Gasteiger partial charge in [-0.25, -0.2) is 14.6 Å². The van der Waals surface area contributed by atoms with E-state index in [9.17, 15) is 14.4 Å². The van der Waals surface area contributed by atoms with Gasteiger partial charge in [-0.1, -0.05) is 6.42 Å². The first-order valence-electron chi connectivity index (χ1n) is 10.4. The third-order valence-electron chi connectivity index (χ3n) is 5.37. The fourth-order valence-electron chi connectivity index (χ4n) is 3.80. The fraction of sp³-hybridized carbons (Fsp3) is 0.619. The van der Waals surface area contributed by atoms with E-state index in [1.54, 1.807) is 11.5 Å². The highest BCUT2D eigenvalue weighted by atomic mass is 32.1. The van der Waals surface area contributed by atoms with Crippen LogP contribution in [0.1, 0.15) is 61.1 Å². The summed E-state index contributed by atoms with van der Waals surface area (Å²) in [6.45, 7) is 8.48. The van der Waals surface area contributed by atoms with Gasteiger partial charge in [-0.3, -0.25) is 9.36 Å². The number of carbonyl (C=O) groups is 2. The molecule has 2 aromatic heterocycles. The average molecular weight is 434 g/mol. The van der Waals surface area contributed by atoms with Gasteiger partial charge in [0, 0.05) is 13.0 Å². The Morgan fingerprint density at radius 2 is 1.90 bits per heavy atom. The quantitative estimate of drug-likeness (QED) is 0.675. The second-order valence-corrected chi connectivity index (χ2v) is 9.94. The van der Waals surface area contributed by atoms with Crippen molar-refractivity contribution < 1.29 is 19.1 Å². The van der Waals surface area contributed by atoms with Crippen molar-refractivity contribution in [2.45, 2.75) is 71.6 Å². The predicted molar refractivity (Wildman–Crippen MR) is 113 cm³/mol. The molecule has 1 fully saturated rings. The topological polar surface area (TPSA) is 90.7 Å². The molecule has 0 unspecified atom stereocenters. The molecule has 4 heterocycles. The summed E-state index contributed by atoms with van der Waals surface area (Å²) in [6, 6.07) is 0. The van der Waals surface area contributed by atoms with E-state index in [2.05, 4.69) is 4.98 Å². The summed E-state index contributed by atoms with van der Waals surface area (Å²) in [5, 5.41) is 0.515. The molecule has 4 rings (SSSR count). The molecule has 0 radical (unpaired) electrons. The highest BCUT2D eigenvalue weighted by Gasteiger charge is 2.37. The van der Waals surface area contributed by atoms with Crippen molar-refractivity contribution in [2.24, 2.45) is 0 Å². The summed E-state index contributed by atoms with van der Waals surface area (Å²) in [7, 11) is 0. The highest BCUT2D eigenvalue weighted by molar-refractivity contribution is 7.20. The van der Waals surface area contributed by atoms with E-state index < -0.39 is 17.7 Å². The summed E-state index contributed by atoms with van der Waals surface area (Å²) < 4.78 is 12.6. The molecule has 2 aromatic rings. The summed E-state index contributed by atoms with van der Waals surface area (Å²) in [6.07, 6.45) is 3.08. The molecule has 0 aromatic carbocycles. The van der Waals surface area contributed by atoms with Crippen molar-refractivity contribution in [3.8, 4) is 0 Å². The minimum atomic E-state index is -0.563. The molecule has 2 aliphatic rings. The monoisotopic (exact) mass is 433 g/mol. The van der Waals surface area contributed by atoms with E-state index in [1.807, 2.05) is 20.8 Å². The lowest BCUT2D eigenvalue weighted by Gasteiger charge is -2.38. The molecule has 0 bridgehead atoms. The maximum Gasteiger partial charge on any atom is 0.410 e. The SMILES string of the molecule is Cc1c(C(=O)OC2CN(C(=O)OC(C)(C)C)C2)sc2nc3n(c(=O)c12)CCCCC3. The van der Waals surface area contributed by atoms with Crippen LogP contribution in [-0.4, -0.2) is 51.3 Å². The number of likely N-dealkylation sites (tertiary alicyclic amines) is 1. The Kier molecular flexibility index (Phi) is 5.34. The average Bonchev–Trinajstić information content (AvgIpc) is 2.79. The zero-order valence-electron chi connectivity index (χ0n) is 17.8. The Morgan fingerprint density at radius 3 is 2.60 bits per heavy atom. The second kappa shape index (κ2) is 7.68. The van der Waals surface area contributed by atoms with Crippen LogP contribution in [0.4, 0.5) is 4.79 Å². The number of hydrogen-bond acceptors (Lipinski definition) is 7. The first-order chi connectivity index (χ1) is 14.1. The molecule has 9 heteroatoms. The van der Waals surface area contributed by atoms with E-state index >= 15 is 0 Å². The minimum absolute atomic E-state index is 0.0653. The molecule has 0 N–H and O–H groups in total. The predicted octanol–water partition coefficient (Wildman–Crippen LogP) is 3.27. The molecule has 2 aliphatic heterocycles. The zero-order valence-corrected chi connectivity index (χ0v) is 18.6. The van der Waals surface area contributed by atoms with Crippen molar-refractivity contribution in [1.82, 2.24) is 14.5 Å².